The predicted octanol–water partition coefficient (Wildman–Crippen LogP) is 4.72. The smallest absolute Gasteiger partial charge is 0.381 e. The number of para-hydroxylation sites is 1. The van der Waals surface area contributed by atoms with E-state index in [-0.39, 0.29) is 0 Å². The molecular formula is C16H24NO4PS. The molecule has 0 aliphatic carbocycles. The van der Waals surface area contributed by atoms with Crippen LogP contribution < -0.4 is 4.52 Å². The molecule has 1 aromatic carbocycles. The maximum absolute atomic E-state index is 13.4. The SMILES string of the molecule is CCOC(=O)/C=C(/C)SP(=O)(Oc1ccccc1)N(CC)CC. The van der Waals surface area contributed by atoms with Crippen LogP contribution in [0.2, 0.25) is 0 Å². The number of hydrogen-bond acceptors (Lipinski definition) is 5. The van der Waals surface area contributed by atoms with Crippen molar-refractivity contribution in [3.05, 3.63) is 41.3 Å². The molecule has 0 fully saturated rings. The minimum Gasteiger partial charge on any atom is -0.463 e. The van der Waals surface area contributed by atoms with Crippen LogP contribution in [0, 0.1) is 0 Å². The maximum atomic E-state index is 13.4. The van der Waals surface area contributed by atoms with Crippen molar-refractivity contribution in [2.75, 3.05) is 19.7 Å². The first-order valence-corrected chi connectivity index (χ1v) is 10.6. The molecular weight excluding hydrogens is 333 g/mol. The molecule has 1 atom stereocenters. The van der Waals surface area contributed by atoms with Crippen molar-refractivity contribution in [3.8, 4) is 5.75 Å². The summed E-state index contributed by atoms with van der Waals surface area (Å²) in [5.41, 5.74) is 0. The van der Waals surface area contributed by atoms with Gasteiger partial charge in [0.2, 0.25) is 0 Å². The van der Waals surface area contributed by atoms with Crippen molar-refractivity contribution < 1.29 is 18.6 Å². The fraction of sp³-hybridized carbons (Fsp3) is 0.438. The van der Waals surface area contributed by atoms with Gasteiger partial charge in [0.1, 0.15) is 5.75 Å². The molecule has 1 aromatic rings. The first-order chi connectivity index (χ1) is 10.9. The summed E-state index contributed by atoms with van der Waals surface area (Å²) in [6, 6.07) is 9.05. The maximum Gasteiger partial charge on any atom is 0.381 e. The third-order valence-electron chi connectivity index (χ3n) is 2.91. The Bertz CT molecular complexity index is 573. The molecule has 23 heavy (non-hydrogen) atoms. The zero-order valence-corrected chi connectivity index (χ0v) is 15.7. The number of hydrogen-bond donors (Lipinski definition) is 0. The highest BCUT2D eigenvalue weighted by atomic mass is 32.7. The second-order valence-corrected chi connectivity index (χ2v) is 9.05. The van der Waals surface area contributed by atoms with Gasteiger partial charge in [0.05, 0.1) is 6.61 Å². The summed E-state index contributed by atoms with van der Waals surface area (Å²) >= 11 is 1.07. The monoisotopic (exact) mass is 357 g/mol. The fourth-order valence-corrected chi connectivity index (χ4v) is 6.40. The second kappa shape index (κ2) is 9.81. The molecule has 1 rings (SSSR count). The zero-order valence-electron chi connectivity index (χ0n) is 14.0. The molecule has 0 N–H and O–H groups in total. The van der Waals surface area contributed by atoms with E-state index >= 15 is 0 Å². The van der Waals surface area contributed by atoms with Crippen LogP contribution in [-0.4, -0.2) is 30.3 Å². The van der Waals surface area contributed by atoms with Crippen LogP contribution in [0.5, 0.6) is 5.75 Å². The van der Waals surface area contributed by atoms with Crippen LogP contribution in [0.25, 0.3) is 0 Å². The highest BCUT2D eigenvalue weighted by Gasteiger charge is 2.33. The molecule has 1 unspecified atom stereocenters. The van der Waals surface area contributed by atoms with Gasteiger partial charge in [-0.25, -0.2) is 14.0 Å². The standard InChI is InChI=1S/C16H24NO4PS/c1-5-17(6-2)22(19,21-15-11-9-8-10-12-15)23-14(4)13-16(18)20-7-3/h8-13H,5-7H2,1-4H3/b14-13-. The van der Waals surface area contributed by atoms with E-state index in [1.54, 1.807) is 30.7 Å². The Morgan fingerprint density at radius 2 is 1.83 bits per heavy atom. The van der Waals surface area contributed by atoms with Crippen molar-refractivity contribution in [2.45, 2.75) is 27.7 Å². The molecule has 0 saturated heterocycles. The van der Waals surface area contributed by atoms with Gasteiger partial charge >= 0.3 is 12.7 Å². The number of ether oxygens (including phenoxy) is 1. The number of carbonyl (C=O) groups is 1. The molecule has 0 heterocycles. The lowest BCUT2D eigenvalue weighted by atomic mass is 10.3. The van der Waals surface area contributed by atoms with Crippen LogP contribution >= 0.6 is 18.1 Å². The summed E-state index contributed by atoms with van der Waals surface area (Å²) in [4.78, 5) is 12.1. The normalized spacial score (nSPS) is 14.4. The molecule has 0 aromatic heterocycles. The largest absolute Gasteiger partial charge is 0.463 e. The molecule has 5 nitrogen and oxygen atoms in total. The molecule has 0 amide bonds. The molecule has 0 spiro atoms. The molecule has 0 aliphatic heterocycles. The van der Waals surface area contributed by atoms with Gasteiger partial charge in [-0.3, -0.25) is 0 Å². The van der Waals surface area contributed by atoms with Gasteiger partial charge in [0.25, 0.3) is 0 Å². The van der Waals surface area contributed by atoms with Gasteiger partial charge in [0.15, 0.2) is 0 Å². The average molecular weight is 357 g/mol. The lowest BCUT2D eigenvalue weighted by molar-refractivity contribution is -0.137. The van der Waals surface area contributed by atoms with Crippen molar-refractivity contribution in [2.24, 2.45) is 0 Å². The first-order valence-electron chi connectivity index (χ1n) is 7.59. The van der Waals surface area contributed by atoms with Crippen LogP contribution in [0.15, 0.2) is 41.3 Å². The average Bonchev–Trinajstić information content (AvgIpc) is 2.48. The van der Waals surface area contributed by atoms with E-state index < -0.39 is 12.7 Å². The highest BCUT2D eigenvalue weighted by Crippen LogP contribution is 2.64. The lowest BCUT2D eigenvalue weighted by Gasteiger charge is -2.28. The van der Waals surface area contributed by atoms with Crippen molar-refractivity contribution >= 4 is 24.1 Å². The Balaban J connectivity index is 3.00. The third kappa shape index (κ3) is 6.42. The Hall–Kier alpha value is -1.23. The van der Waals surface area contributed by atoms with Crippen molar-refractivity contribution in [1.82, 2.24) is 4.67 Å². The van der Waals surface area contributed by atoms with Crippen molar-refractivity contribution in [3.63, 3.8) is 0 Å². The number of carbonyl (C=O) groups excluding carboxylic acids is 1. The van der Waals surface area contributed by atoms with Crippen LogP contribution in [0.4, 0.5) is 0 Å². The lowest BCUT2D eigenvalue weighted by Crippen LogP contribution is -2.21. The van der Waals surface area contributed by atoms with Gasteiger partial charge < -0.3 is 9.26 Å². The summed E-state index contributed by atoms with van der Waals surface area (Å²) in [7, 11) is 0. The van der Waals surface area contributed by atoms with E-state index in [0.29, 0.717) is 30.4 Å². The quantitative estimate of drug-likeness (QED) is 0.362. The molecule has 0 radical (unpaired) electrons. The van der Waals surface area contributed by atoms with Gasteiger partial charge in [-0.1, -0.05) is 32.0 Å². The number of rotatable bonds is 9. The minimum atomic E-state index is -3.21. The van der Waals surface area contributed by atoms with Gasteiger partial charge in [-0.05, 0) is 37.4 Å². The highest BCUT2D eigenvalue weighted by molar-refractivity contribution is 8.57. The van der Waals surface area contributed by atoms with E-state index in [4.69, 9.17) is 9.26 Å². The van der Waals surface area contributed by atoms with Crippen LogP contribution in [-0.2, 0) is 14.1 Å². The van der Waals surface area contributed by atoms with Crippen molar-refractivity contribution in [1.29, 1.82) is 0 Å². The van der Waals surface area contributed by atoms with E-state index in [1.807, 2.05) is 32.0 Å². The Labute approximate surface area is 142 Å². The Kier molecular flexibility index (Phi) is 8.45. The van der Waals surface area contributed by atoms with Gasteiger partial charge in [-0.15, -0.1) is 0 Å². The molecule has 7 heteroatoms. The molecule has 0 aliphatic rings. The third-order valence-corrected chi connectivity index (χ3v) is 7.72. The number of nitrogens with zero attached hydrogens (tertiary/aromatic N) is 1. The van der Waals surface area contributed by atoms with E-state index in [9.17, 15) is 9.36 Å². The Morgan fingerprint density at radius 3 is 2.35 bits per heavy atom. The first kappa shape index (κ1) is 19.8. The van der Waals surface area contributed by atoms with Crippen LogP contribution in [0.3, 0.4) is 0 Å². The van der Waals surface area contributed by atoms with E-state index in [0.717, 1.165) is 11.4 Å². The zero-order chi connectivity index (χ0) is 17.3. The van der Waals surface area contributed by atoms with Gasteiger partial charge in [-0.2, -0.15) is 0 Å². The molecule has 0 saturated carbocycles. The summed E-state index contributed by atoms with van der Waals surface area (Å²) in [6.07, 6.45) is 1.35. The Morgan fingerprint density at radius 1 is 1.22 bits per heavy atom. The topological polar surface area (TPSA) is 55.8 Å². The fourth-order valence-electron chi connectivity index (χ4n) is 1.88. The van der Waals surface area contributed by atoms with Gasteiger partial charge in [0, 0.05) is 24.1 Å². The molecule has 0 bridgehead atoms. The summed E-state index contributed by atoms with van der Waals surface area (Å²) in [6.45, 7) is 5.59. The summed E-state index contributed by atoms with van der Waals surface area (Å²) in [5, 5.41) is 0. The number of allylic oxidation sites excluding steroid dienone is 1. The van der Waals surface area contributed by atoms with E-state index in [2.05, 4.69) is 0 Å². The number of esters is 1. The summed E-state index contributed by atoms with van der Waals surface area (Å²) in [5.74, 6) is 0.0995. The number of benzene rings is 1. The molecule has 128 valence electrons. The predicted molar refractivity (Wildman–Crippen MR) is 95.6 cm³/mol. The minimum absolute atomic E-state index is 0.307. The second-order valence-electron chi connectivity index (χ2n) is 4.61. The summed E-state index contributed by atoms with van der Waals surface area (Å²) < 4.78 is 25.8. The van der Waals surface area contributed by atoms with E-state index in [1.165, 1.54) is 6.08 Å². The van der Waals surface area contributed by atoms with Crippen LogP contribution in [0.1, 0.15) is 27.7 Å².